The molecule has 4 nitrogen and oxygen atoms in total. The first kappa shape index (κ1) is 9.44. The van der Waals surface area contributed by atoms with Gasteiger partial charge in [0.1, 0.15) is 0 Å². The van der Waals surface area contributed by atoms with Crippen LogP contribution in [0, 0.1) is 11.8 Å². The number of esters is 2. The summed E-state index contributed by atoms with van der Waals surface area (Å²) in [4.78, 5) is 22.3. The molecule has 0 saturated carbocycles. The summed E-state index contributed by atoms with van der Waals surface area (Å²) in [6.07, 6.45) is 0. The van der Waals surface area contributed by atoms with Crippen LogP contribution in [0.2, 0.25) is 0 Å². The Kier molecular flexibility index (Phi) is 2.24. The van der Waals surface area contributed by atoms with Gasteiger partial charge in [0.15, 0.2) is 0 Å². The van der Waals surface area contributed by atoms with Crippen molar-refractivity contribution in [3.63, 3.8) is 0 Å². The van der Waals surface area contributed by atoms with E-state index in [0.29, 0.717) is 11.1 Å². The van der Waals surface area contributed by atoms with Crippen molar-refractivity contribution in [2.24, 2.45) is 5.73 Å². The van der Waals surface area contributed by atoms with Gasteiger partial charge in [-0.1, -0.05) is 11.8 Å². The van der Waals surface area contributed by atoms with Crippen LogP contribution in [0.4, 0.5) is 0 Å². The smallest absolute Gasteiger partial charge is 0.346 e. The minimum absolute atomic E-state index is 0.250. The van der Waals surface area contributed by atoms with Gasteiger partial charge < -0.3 is 10.5 Å². The summed E-state index contributed by atoms with van der Waals surface area (Å²) in [7, 11) is 0. The van der Waals surface area contributed by atoms with Gasteiger partial charge in [-0.3, -0.25) is 0 Å². The lowest BCUT2D eigenvalue weighted by Crippen LogP contribution is -1.96. The van der Waals surface area contributed by atoms with E-state index in [2.05, 4.69) is 16.6 Å². The van der Waals surface area contributed by atoms with E-state index in [1.54, 1.807) is 6.07 Å². The van der Waals surface area contributed by atoms with Crippen molar-refractivity contribution >= 4 is 11.9 Å². The fourth-order valence-electron chi connectivity index (χ4n) is 1.32. The highest BCUT2D eigenvalue weighted by Crippen LogP contribution is 2.20. The van der Waals surface area contributed by atoms with Gasteiger partial charge in [-0.15, -0.1) is 0 Å². The van der Waals surface area contributed by atoms with Crippen LogP contribution < -0.4 is 5.73 Å². The minimum atomic E-state index is -0.619. The molecule has 0 aliphatic carbocycles. The quantitative estimate of drug-likeness (QED) is 0.372. The molecule has 15 heavy (non-hydrogen) atoms. The molecule has 0 fully saturated rings. The summed E-state index contributed by atoms with van der Waals surface area (Å²) in [6, 6.07) is 4.72. The number of carbonyl (C=O) groups is 2. The van der Waals surface area contributed by atoms with Gasteiger partial charge in [0.2, 0.25) is 0 Å². The fourth-order valence-corrected chi connectivity index (χ4v) is 1.32. The maximum absolute atomic E-state index is 11.2. The lowest BCUT2D eigenvalue weighted by molar-refractivity contribution is 0.0444. The Hall–Kier alpha value is -2.12. The van der Waals surface area contributed by atoms with Gasteiger partial charge in [-0.2, -0.15) is 0 Å². The summed E-state index contributed by atoms with van der Waals surface area (Å²) in [6.45, 7) is 0.250. The molecule has 0 unspecified atom stereocenters. The standard InChI is InChI=1S/C11H7NO3/c12-5-1-2-7-3-4-8-9(6-7)11(14)15-10(8)13/h3-4,6H,5,12H2. The zero-order valence-corrected chi connectivity index (χ0v) is 7.74. The molecule has 0 saturated heterocycles. The zero-order chi connectivity index (χ0) is 10.8. The Morgan fingerprint density at radius 2 is 1.93 bits per heavy atom. The van der Waals surface area contributed by atoms with E-state index in [4.69, 9.17) is 5.73 Å². The molecule has 0 atom stereocenters. The second-order valence-electron chi connectivity index (χ2n) is 2.94. The largest absolute Gasteiger partial charge is 0.386 e. The Morgan fingerprint density at radius 3 is 2.67 bits per heavy atom. The molecule has 74 valence electrons. The maximum Gasteiger partial charge on any atom is 0.346 e. The van der Waals surface area contributed by atoms with Crippen molar-refractivity contribution in [1.29, 1.82) is 0 Å². The van der Waals surface area contributed by atoms with Crippen molar-refractivity contribution in [3.8, 4) is 11.8 Å². The van der Waals surface area contributed by atoms with E-state index >= 15 is 0 Å². The van der Waals surface area contributed by atoms with Crippen molar-refractivity contribution in [2.75, 3.05) is 6.54 Å². The molecule has 1 aliphatic rings. The molecule has 2 N–H and O–H groups in total. The van der Waals surface area contributed by atoms with Crippen LogP contribution in [0.5, 0.6) is 0 Å². The molecule has 1 heterocycles. The van der Waals surface area contributed by atoms with Crippen molar-refractivity contribution in [2.45, 2.75) is 0 Å². The summed E-state index contributed by atoms with van der Waals surface area (Å²) >= 11 is 0. The number of nitrogens with two attached hydrogens (primary N) is 1. The third-order valence-corrected chi connectivity index (χ3v) is 1.98. The second-order valence-corrected chi connectivity index (χ2v) is 2.94. The maximum atomic E-state index is 11.2. The van der Waals surface area contributed by atoms with E-state index in [-0.39, 0.29) is 12.1 Å². The summed E-state index contributed by atoms with van der Waals surface area (Å²) < 4.78 is 4.44. The first-order valence-electron chi connectivity index (χ1n) is 4.32. The first-order valence-corrected chi connectivity index (χ1v) is 4.32. The molecule has 1 aromatic rings. The Balaban J connectivity index is 2.47. The molecule has 2 rings (SSSR count). The second kappa shape index (κ2) is 3.56. The number of rotatable bonds is 0. The van der Waals surface area contributed by atoms with Gasteiger partial charge in [0.05, 0.1) is 17.7 Å². The Labute approximate surface area is 86.0 Å². The minimum Gasteiger partial charge on any atom is -0.386 e. The molecule has 0 bridgehead atoms. The third kappa shape index (κ3) is 1.60. The highest BCUT2D eigenvalue weighted by atomic mass is 16.6. The van der Waals surface area contributed by atoms with Crippen LogP contribution in [-0.2, 0) is 4.74 Å². The van der Waals surface area contributed by atoms with Gasteiger partial charge in [-0.25, -0.2) is 9.59 Å². The molecule has 0 spiro atoms. The van der Waals surface area contributed by atoms with Crippen LogP contribution in [0.3, 0.4) is 0 Å². The number of carbonyl (C=O) groups excluding carboxylic acids is 2. The van der Waals surface area contributed by atoms with Crippen LogP contribution >= 0.6 is 0 Å². The molecular weight excluding hydrogens is 194 g/mol. The van der Waals surface area contributed by atoms with Gasteiger partial charge in [0.25, 0.3) is 0 Å². The topological polar surface area (TPSA) is 69.4 Å². The molecule has 0 aromatic heterocycles. The molecule has 0 radical (unpaired) electrons. The van der Waals surface area contributed by atoms with Gasteiger partial charge in [0, 0.05) is 5.56 Å². The summed E-state index contributed by atoms with van der Waals surface area (Å²) in [5.41, 5.74) is 6.42. The number of ether oxygens (including phenoxy) is 1. The van der Waals surface area contributed by atoms with Crippen LogP contribution in [0.1, 0.15) is 26.3 Å². The third-order valence-electron chi connectivity index (χ3n) is 1.98. The van der Waals surface area contributed by atoms with Gasteiger partial charge in [-0.05, 0) is 18.2 Å². The normalized spacial score (nSPS) is 12.9. The number of benzene rings is 1. The first-order chi connectivity index (χ1) is 7.22. The molecular formula is C11H7NO3. The molecule has 1 aromatic carbocycles. The highest BCUT2D eigenvalue weighted by molar-refractivity contribution is 6.14. The van der Waals surface area contributed by atoms with E-state index in [1.165, 1.54) is 12.1 Å². The highest BCUT2D eigenvalue weighted by Gasteiger charge is 2.29. The van der Waals surface area contributed by atoms with E-state index < -0.39 is 11.9 Å². The van der Waals surface area contributed by atoms with Crippen molar-refractivity contribution in [3.05, 3.63) is 34.9 Å². The fraction of sp³-hybridized carbons (Fsp3) is 0.0909. The number of fused-ring (bicyclic) bond motifs is 1. The Bertz CT molecular complexity index is 508. The van der Waals surface area contributed by atoms with Crippen LogP contribution in [-0.4, -0.2) is 18.5 Å². The SMILES string of the molecule is NCC#Cc1ccc2c(c1)C(=O)OC2=O. The van der Waals surface area contributed by atoms with Gasteiger partial charge >= 0.3 is 11.9 Å². The van der Waals surface area contributed by atoms with E-state index in [0.717, 1.165) is 0 Å². The summed E-state index contributed by atoms with van der Waals surface area (Å²) in [5.74, 6) is 4.22. The number of cyclic esters (lactones) is 2. The number of hydrogen-bond donors (Lipinski definition) is 1. The van der Waals surface area contributed by atoms with Crippen molar-refractivity contribution in [1.82, 2.24) is 0 Å². The average molecular weight is 201 g/mol. The monoisotopic (exact) mass is 201 g/mol. The molecule has 1 aliphatic heterocycles. The Morgan fingerprint density at radius 1 is 1.20 bits per heavy atom. The van der Waals surface area contributed by atoms with Crippen molar-refractivity contribution < 1.29 is 14.3 Å². The lowest BCUT2D eigenvalue weighted by atomic mass is 10.1. The van der Waals surface area contributed by atoms with Crippen LogP contribution in [0.25, 0.3) is 0 Å². The number of hydrogen-bond acceptors (Lipinski definition) is 4. The van der Waals surface area contributed by atoms with E-state index in [1.807, 2.05) is 0 Å². The zero-order valence-electron chi connectivity index (χ0n) is 7.74. The molecule has 0 amide bonds. The average Bonchev–Trinajstić information content (AvgIpc) is 2.52. The van der Waals surface area contributed by atoms with Crippen LogP contribution in [0.15, 0.2) is 18.2 Å². The van der Waals surface area contributed by atoms with E-state index in [9.17, 15) is 9.59 Å². The summed E-state index contributed by atoms with van der Waals surface area (Å²) in [5, 5.41) is 0. The predicted molar refractivity (Wildman–Crippen MR) is 52.1 cm³/mol. The predicted octanol–water partition coefficient (Wildman–Crippen LogP) is 0.307. The molecule has 4 heteroatoms. The lowest BCUT2D eigenvalue weighted by Gasteiger charge is -1.92.